The van der Waals surface area contributed by atoms with Gasteiger partial charge in [-0.15, -0.1) is 0 Å². The molecule has 0 saturated carbocycles. The molecule has 20 heavy (non-hydrogen) atoms. The van der Waals surface area contributed by atoms with E-state index >= 15 is 0 Å². The minimum absolute atomic E-state index is 0.0287. The maximum absolute atomic E-state index is 12.8. The monoisotopic (exact) mass is 276 g/mol. The number of methoxy groups -OCH3 is 1. The molecule has 5 nitrogen and oxygen atoms in total. The molecule has 1 heterocycles. The molecule has 0 aromatic heterocycles. The van der Waals surface area contributed by atoms with Gasteiger partial charge in [0, 0.05) is 0 Å². The molecule has 0 radical (unpaired) electrons. The number of para-hydroxylation sites is 2. The van der Waals surface area contributed by atoms with E-state index in [1.54, 1.807) is 19.2 Å². The normalized spacial score (nSPS) is 17.9. The lowest BCUT2D eigenvalue weighted by Crippen LogP contribution is -2.66. The number of carbonyl (C=O) groups excluding carboxylic acids is 2. The van der Waals surface area contributed by atoms with Crippen molar-refractivity contribution in [2.24, 2.45) is 0 Å². The quantitative estimate of drug-likeness (QED) is 0.911. The Morgan fingerprint density at radius 1 is 1.25 bits per heavy atom. The van der Waals surface area contributed by atoms with Crippen LogP contribution in [0.1, 0.15) is 26.7 Å². The molecule has 0 unspecified atom stereocenters. The van der Waals surface area contributed by atoms with Crippen molar-refractivity contribution in [3.63, 3.8) is 0 Å². The molecule has 2 amide bonds. The summed E-state index contributed by atoms with van der Waals surface area (Å²) >= 11 is 0. The zero-order valence-electron chi connectivity index (χ0n) is 12.1. The third-order valence-electron chi connectivity index (χ3n) is 3.92. The van der Waals surface area contributed by atoms with Gasteiger partial charge in [0.1, 0.15) is 17.8 Å². The molecule has 2 rings (SSSR count). The van der Waals surface area contributed by atoms with E-state index < -0.39 is 5.54 Å². The van der Waals surface area contributed by atoms with E-state index in [1.165, 1.54) is 4.90 Å². The first kappa shape index (κ1) is 14.4. The third kappa shape index (κ3) is 2.24. The van der Waals surface area contributed by atoms with E-state index in [0.29, 0.717) is 24.3 Å². The van der Waals surface area contributed by atoms with Gasteiger partial charge >= 0.3 is 0 Å². The molecule has 1 N–H and O–H groups in total. The van der Waals surface area contributed by atoms with Gasteiger partial charge in [0.05, 0.1) is 12.8 Å². The Bertz CT molecular complexity index is 524. The number of benzene rings is 1. The summed E-state index contributed by atoms with van der Waals surface area (Å²) < 4.78 is 5.29. The van der Waals surface area contributed by atoms with Gasteiger partial charge in [0.25, 0.3) is 5.91 Å². The SMILES string of the molecule is CCC1(CC)NC(=O)CN(c2ccccc2OC)C1=O. The van der Waals surface area contributed by atoms with Crippen LogP contribution in [-0.4, -0.2) is 31.0 Å². The number of nitrogens with one attached hydrogen (secondary N) is 1. The predicted molar refractivity (Wildman–Crippen MR) is 76.8 cm³/mol. The van der Waals surface area contributed by atoms with Crippen LogP contribution < -0.4 is 15.0 Å². The number of ether oxygens (including phenoxy) is 1. The molecular formula is C15H20N2O3. The number of amides is 2. The van der Waals surface area contributed by atoms with E-state index in [2.05, 4.69) is 5.32 Å². The number of nitrogens with zero attached hydrogens (tertiary/aromatic N) is 1. The summed E-state index contributed by atoms with van der Waals surface area (Å²) in [6.45, 7) is 3.85. The Morgan fingerprint density at radius 2 is 1.90 bits per heavy atom. The Hall–Kier alpha value is -2.04. The van der Waals surface area contributed by atoms with Crippen molar-refractivity contribution in [3.8, 4) is 5.75 Å². The van der Waals surface area contributed by atoms with Gasteiger partial charge in [-0.1, -0.05) is 26.0 Å². The molecule has 0 atom stereocenters. The minimum Gasteiger partial charge on any atom is -0.495 e. The molecule has 0 spiro atoms. The summed E-state index contributed by atoms with van der Waals surface area (Å²) in [5.74, 6) is 0.377. The van der Waals surface area contributed by atoms with E-state index in [0.717, 1.165) is 0 Å². The first-order chi connectivity index (χ1) is 9.57. The molecule has 1 aromatic carbocycles. The largest absolute Gasteiger partial charge is 0.495 e. The summed E-state index contributed by atoms with van der Waals surface area (Å²) in [5.41, 5.74) is -0.169. The fourth-order valence-corrected chi connectivity index (χ4v) is 2.61. The fraction of sp³-hybridized carbons (Fsp3) is 0.467. The van der Waals surface area contributed by atoms with Crippen molar-refractivity contribution in [1.29, 1.82) is 0 Å². The van der Waals surface area contributed by atoms with Crippen molar-refractivity contribution in [2.45, 2.75) is 32.2 Å². The molecule has 108 valence electrons. The zero-order valence-corrected chi connectivity index (χ0v) is 12.1. The smallest absolute Gasteiger partial charge is 0.253 e. The highest BCUT2D eigenvalue weighted by Gasteiger charge is 2.45. The van der Waals surface area contributed by atoms with Crippen molar-refractivity contribution in [2.75, 3.05) is 18.6 Å². The summed E-state index contributed by atoms with van der Waals surface area (Å²) in [6, 6.07) is 7.25. The molecule has 1 aromatic rings. The second kappa shape index (κ2) is 5.53. The lowest BCUT2D eigenvalue weighted by Gasteiger charge is -2.41. The van der Waals surface area contributed by atoms with Crippen LogP contribution in [0.2, 0.25) is 0 Å². The average molecular weight is 276 g/mol. The van der Waals surface area contributed by atoms with Crippen LogP contribution in [-0.2, 0) is 9.59 Å². The second-order valence-corrected chi connectivity index (χ2v) is 4.90. The molecule has 1 aliphatic heterocycles. The molecule has 0 aliphatic carbocycles. The minimum atomic E-state index is -0.809. The summed E-state index contributed by atoms with van der Waals surface area (Å²) in [5, 5.41) is 2.85. The molecular weight excluding hydrogens is 256 g/mol. The first-order valence-electron chi connectivity index (χ1n) is 6.84. The average Bonchev–Trinajstić information content (AvgIpc) is 2.49. The molecule has 1 saturated heterocycles. The van der Waals surface area contributed by atoms with Crippen LogP contribution in [0, 0.1) is 0 Å². The molecule has 1 fully saturated rings. The van der Waals surface area contributed by atoms with Gasteiger partial charge in [-0.3, -0.25) is 14.5 Å². The van der Waals surface area contributed by atoms with E-state index in [-0.39, 0.29) is 18.4 Å². The highest BCUT2D eigenvalue weighted by atomic mass is 16.5. The molecule has 5 heteroatoms. The maximum atomic E-state index is 12.8. The Morgan fingerprint density at radius 3 is 2.50 bits per heavy atom. The summed E-state index contributed by atoms with van der Waals surface area (Å²) in [7, 11) is 1.56. The second-order valence-electron chi connectivity index (χ2n) is 4.90. The van der Waals surface area contributed by atoms with Crippen LogP contribution in [0.4, 0.5) is 5.69 Å². The fourth-order valence-electron chi connectivity index (χ4n) is 2.61. The van der Waals surface area contributed by atoms with Gasteiger partial charge < -0.3 is 10.1 Å². The summed E-state index contributed by atoms with van der Waals surface area (Å²) in [4.78, 5) is 26.3. The highest BCUT2D eigenvalue weighted by Crippen LogP contribution is 2.32. The Labute approximate surface area is 118 Å². The number of piperazine rings is 1. The van der Waals surface area contributed by atoms with Crippen LogP contribution >= 0.6 is 0 Å². The van der Waals surface area contributed by atoms with Crippen molar-refractivity contribution in [3.05, 3.63) is 24.3 Å². The summed E-state index contributed by atoms with van der Waals surface area (Å²) in [6.07, 6.45) is 1.14. The number of hydrogen-bond acceptors (Lipinski definition) is 3. The van der Waals surface area contributed by atoms with E-state index in [4.69, 9.17) is 4.74 Å². The highest BCUT2D eigenvalue weighted by molar-refractivity contribution is 6.09. The van der Waals surface area contributed by atoms with Gasteiger partial charge in [0.2, 0.25) is 5.91 Å². The number of hydrogen-bond donors (Lipinski definition) is 1. The Kier molecular flexibility index (Phi) is 3.97. The predicted octanol–water partition coefficient (Wildman–Crippen LogP) is 1.72. The number of rotatable bonds is 4. The number of carbonyl (C=O) groups is 2. The van der Waals surface area contributed by atoms with E-state index in [1.807, 2.05) is 26.0 Å². The van der Waals surface area contributed by atoms with Crippen LogP contribution in [0.3, 0.4) is 0 Å². The van der Waals surface area contributed by atoms with Crippen molar-refractivity contribution in [1.82, 2.24) is 5.32 Å². The van der Waals surface area contributed by atoms with Crippen molar-refractivity contribution < 1.29 is 14.3 Å². The molecule has 0 bridgehead atoms. The van der Waals surface area contributed by atoms with Gasteiger partial charge in [-0.05, 0) is 25.0 Å². The third-order valence-corrected chi connectivity index (χ3v) is 3.92. The van der Waals surface area contributed by atoms with Gasteiger partial charge in [0.15, 0.2) is 0 Å². The standard InChI is InChI=1S/C15H20N2O3/c1-4-15(5-2)14(19)17(10-13(18)16-15)11-8-6-7-9-12(11)20-3/h6-9H,4-5,10H2,1-3H3,(H,16,18). The zero-order chi connectivity index (χ0) is 14.8. The van der Waals surface area contributed by atoms with E-state index in [9.17, 15) is 9.59 Å². The van der Waals surface area contributed by atoms with Crippen LogP contribution in [0.25, 0.3) is 0 Å². The van der Waals surface area contributed by atoms with Gasteiger partial charge in [-0.25, -0.2) is 0 Å². The Balaban J connectivity index is 2.45. The van der Waals surface area contributed by atoms with Crippen molar-refractivity contribution >= 4 is 17.5 Å². The maximum Gasteiger partial charge on any atom is 0.253 e. The van der Waals surface area contributed by atoms with Crippen LogP contribution in [0.15, 0.2) is 24.3 Å². The lowest BCUT2D eigenvalue weighted by molar-refractivity contribution is -0.136. The lowest BCUT2D eigenvalue weighted by atomic mass is 9.88. The molecule has 1 aliphatic rings. The first-order valence-corrected chi connectivity index (χ1v) is 6.84. The van der Waals surface area contributed by atoms with Gasteiger partial charge in [-0.2, -0.15) is 0 Å². The number of anilines is 1. The van der Waals surface area contributed by atoms with Crippen LogP contribution in [0.5, 0.6) is 5.75 Å². The topological polar surface area (TPSA) is 58.6 Å².